The van der Waals surface area contributed by atoms with E-state index in [9.17, 15) is 5.11 Å². The van der Waals surface area contributed by atoms with Crippen LogP contribution in [0.15, 0.2) is 17.4 Å². The minimum Gasteiger partial charge on any atom is -0.388 e. The van der Waals surface area contributed by atoms with E-state index in [1.54, 1.807) is 7.05 Å². The minimum atomic E-state index is -0.579. The monoisotopic (exact) mass is 348 g/mol. The SMILES string of the molecule is CN=C(NCC1(O)CCCCC1)NC1CCCN(c2cnn(C)c2)C1. The van der Waals surface area contributed by atoms with E-state index < -0.39 is 5.60 Å². The van der Waals surface area contributed by atoms with Crippen molar-refractivity contribution in [3.05, 3.63) is 12.4 Å². The zero-order valence-electron chi connectivity index (χ0n) is 15.5. The molecule has 2 heterocycles. The number of hydrogen-bond acceptors (Lipinski definition) is 4. The van der Waals surface area contributed by atoms with E-state index in [0.717, 1.165) is 57.6 Å². The summed E-state index contributed by atoms with van der Waals surface area (Å²) in [5.74, 6) is 0.789. The first kappa shape index (κ1) is 18.0. The van der Waals surface area contributed by atoms with Gasteiger partial charge in [0.1, 0.15) is 0 Å². The van der Waals surface area contributed by atoms with Crippen molar-refractivity contribution in [2.45, 2.75) is 56.6 Å². The molecule has 1 aromatic rings. The summed E-state index contributed by atoms with van der Waals surface area (Å²) < 4.78 is 1.84. The van der Waals surface area contributed by atoms with Gasteiger partial charge in [0.15, 0.2) is 5.96 Å². The van der Waals surface area contributed by atoms with Crippen LogP contribution in [-0.4, -0.2) is 59.2 Å². The van der Waals surface area contributed by atoms with Crippen LogP contribution in [0.5, 0.6) is 0 Å². The summed E-state index contributed by atoms with van der Waals surface area (Å²) >= 11 is 0. The van der Waals surface area contributed by atoms with Crippen LogP contribution in [-0.2, 0) is 7.05 Å². The van der Waals surface area contributed by atoms with Crippen LogP contribution in [0.3, 0.4) is 0 Å². The number of nitrogens with zero attached hydrogens (tertiary/aromatic N) is 4. The van der Waals surface area contributed by atoms with Gasteiger partial charge < -0.3 is 20.6 Å². The Morgan fingerprint density at radius 3 is 2.84 bits per heavy atom. The van der Waals surface area contributed by atoms with Gasteiger partial charge in [0.2, 0.25) is 0 Å². The molecule has 7 heteroatoms. The molecule has 7 nitrogen and oxygen atoms in total. The average Bonchev–Trinajstić information content (AvgIpc) is 3.06. The summed E-state index contributed by atoms with van der Waals surface area (Å²) in [6.45, 7) is 2.58. The normalized spacial score (nSPS) is 24.2. The highest BCUT2D eigenvalue weighted by Gasteiger charge is 2.29. The number of anilines is 1. The molecule has 1 unspecified atom stereocenters. The van der Waals surface area contributed by atoms with E-state index in [4.69, 9.17) is 0 Å². The Balaban J connectivity index is 1.51. The van der Waals surface area contributed by atoms with Gasteiger partial charge in [-0.05, 0) is 25.7 Å². The van der Waals surface area contributed by atoms with Crippen molar-refractivity contribution >= 4 is 11.6 Å². The largest absolute Gasteiger partial charge is 0.388 e. The number of nitrogens with one attached hydrogen (secondary N) is 2. The second kappa shape index (κ2) is 8.08. The minimum absolute atomic E-state index is 0.348. The van der Waals surface area contributed by atoms with Crippen LogP contribution in [0, 0.1) is 0 Å². The molecule has 25 heavy (non-hydrogen) atoms. The number of rotatable bonds is 4. The second-order valence-electron chi connectivity index (χ2n) is 7.51. The van der Waals surface area contributed by atoms with Crippen molar-refractivity contribution in [2.75, 3.05) is 31.6 Å². The van der Waals surface area contributed by atoms with E-state index in [0.29, 0.717) is 12.6 Å². The van der Waals surface area contributed by atoms with Gasteiger partial charge in [-0.1, -0.05) is 19.3 Å². The first-order chi connectivity index (χ1) is 12.1. The van der Waals surface area contributed by atoms with Crippen LogP contribution in [0.2, 0.25) is 0 Å². The van der Waals surface area contributed by atoms with Gasteiger partial charge in [-0.2, -0.15) is 5.10 Å². The van der Waals surface area contributed by atoms with Crippen molar-refractivity contribution in [3.8, 4) is 0 Å². The maximum absolute atomic E-state index is 10.7. The van der Waals surface area contributed by atoms with Gasteiger partial charge in [-0.15, -0.1) is 0 Å². The van der Waals surface area contributed by atoms with Gasteiger partial charge >= 0.3 is 0 Å². The molecule has 1 saturated carbocycles. The number of guanidine groups is 1. The third-order valence-corrected chi connectivity index (χ3v) is 5.41. The van der Waals surface area contributed by atoms with Crippen LogP contribution in [0.1, 0.15) is 44.9 Å². The molecule has 0 aromatic carbocycles. The van der Waals surface area contributed by atoms with E-state index in [2.05, 4.69) is 31.8 Å². The van der Waals surface area contributed by atoms with Gasteiger partial charge in [-0.25, -0.2) is 0 Å². The molecule has 0 amide bonds. The van der Waals surface area contributed by atoms with E-state index >= 15 is 0 Å². The standard InChI is InChI=1S/C18H32N6O/c1-19-17(20-14-18(25)8-4-3-5-9-18)22-15-7-6-10-24(12-15)16-11-21-23(2)13-16/h11,13,15,25H,3-10,12,14H2,1-2H3,(H2,19,20,22). The molecule has 0 spiro atoms. The lowest BCUT2D eigenvalue weighted by atomic mass is 9.85. The quantitative estimate of drug-likeness (QED) is 0.564. The van der Waals surface area contributed by atoms with E-state index in [-0.39, 0.29) is 0 Å². The third kappa shape index (κ3) is 4.87. The molecule has 2 aliphatic rings. The Morgan fingerprint density at radius 2 is 2.16 bits per heavy atom. The summed E-state index contributed by atoms with van der Waals surface area (Å²) in [6.07, 6.45) is 11.5. The highest BCUT2D eigenvalue weighted by atomic mass is 16.3. The van der Waals surface area contributed by atoms with E-state index in [1.807, 2.05) is 17.9 Å². The lowest BCUT2D eigenvalue weighted by molar-refractivity contribution is 0.00855. The second-order valence-corrected chi connectivity index (χ2v) is 7.51. The maximum Gasteiger partial charge on any atom is 0.191 e. The molecule has 1 aliphatic carbocycles. The Labute approximate surface area is 150 Å². The van der Waals surface area contributed by atoms with Gasteiger partial charge in [0, 0.05) is 46.0 Å². The zero-order chi connectivity index (χ0) is 17.7. The van der Waals surface area contributed by atoms with Gasteiger partial charge in [0.25, 0.3) is 0 Å². The summed E-state index contributed by atoms with van der Waals surface area (Å²) in [5, 5.41) is 21.8. The predicted octanol–water partition coefficient (Wildman–Crippen LogP) is 1.25. The molecule has 3 rings (SSSR count). The number of aliphatic imine (C=N–C) groups is 1. The average molecular weight is 348 g/mol. The van der Waals surface area contributed by atoms with E-state index in [1.165, 1.54) is 12.1 Å². The Morgan fingerprint density at radius 1 is 1.36 bits per heavy atom. The fourth-order valence-corrected chi connectivity index (χ4v) is 3.92. The number of aryl methyl sites for hydroxylation is 1. The Kier molecular flexibility index (Phi) is 5.83. The molecule has 0 radical (unpaired) electrons. The lowest BCUT2D eigenvalue weighted by Crippen LogP contribution is -2.54. The maximum atomic E-state index is 10.7. The van der Waals surface area contributed by atoms with Crippen molar-refractivity contribution in [2.24, 2.45) is 12.0 Å². The fraction of sp³-hybridized carbons (Fsp3) is 0.778. The predicted molar refractivity (Wildman–Crippen MR) is 101 cm³/mol. The van der Waals surface area contributed by atoms with Crippen LogP contribution >= 0.6 is 0 Å². The highest BCUT2D eigenvalue weighted by molar-refractivity contribution is 5.80. The van der Waals surface area contributed by atoms with Gasteiger partial charge in [0.05, 0.1) is 17.5 Å². The molecule has 2 fully saturated rings. The lowest BCUT2D eigenvalue weighted by Gasteiger charge is -2.36. The molecule has 1 aliphatic heterocycles. The third-order valence-electron chi connectivity index (χ3n) is 5.41. The topological polar surface area (TPSA) is 77.7 Å². The highest BCUT2D eigenvalue weighted by Crippen LogP contribution is 2.27. The fourth-order valence-electron chi connectivity index (χ4n) is 3.92. The van der Waals surface area contributed by atoms with Gasteiger partial charge in [-0.3, -0.25) is 9.67 Å². The Bertz CT molecular complexity index is 578. The Hall–Kier alpha value is -1.76. The molecular formula is C18H32N6O. The zero-order valence-corrected chi connectivity index (χ0v) is 15.5. The van der Waals surface area contributed by atoms with Crippen molar-refractivity contribution in [1.82, 2.24) is 20.4 Å². The summed E-state index contributed by atoms with van der Waals surface area (Å²) in [7, 11) is 3.74. The molecule has 1 aromatic heterocycles. The summed E-state index contributed by atoms with van der Waals surface area (Å²) in [6, 6.07) is 0.348. The molecule has 1 atom stereocenters. The van der Waals surface area contributed by atoms with Crippen LogP contribution < -0.4 is 15.5 Å². The summed E-state index contributed by atoms with van der Waals surface area (Å²) in [5.41, 5.74) is 0.595. The van der Waals surface area contributed by atoms with Crippen LogP contribution in [0.4, 0.5) is 5.69 Å². The van der Waals surface area contributed by atoms with Crippen LogP contribution in [0.25, 0.3) is 0 Å². The number of aliphatic hydroxyl groups is 1. The number of aromatic nitrogens is 2. The molecular weight excluding hydrogens is 316 g/mol. The first-order valence-electron chi connectivity index (χ1n) is 9.51. The van der Waals surface area contributed by atoms with Crippen molar-refractivity contribution < 1.29 is 5.11 Å². The molecule has 3 N–H and O–H groups in total. The number of piperidine rings is 1. The first-order valence-corrected chi connectivity index (χ1v) is 9.51. The molecule has 1 saturated heterocycles. The smallest absolute Gasteiger partial charge is 0.191 e. The van der Waals surface area contributed by atoms with Crippen molar-refractivity contribution in [3.63, 3.8) is 0 Å². The molecule has 140 valence electrons. The number of hydrogen-bond donors (Lipinski definition) is 3. The summed E-state index contributed by atoms with van der Waals surface area (Å²) in [4.78, 5) is 6.72. The van der Waals surface area contributed by atoms with Crippen molar-refractivity contribution in [1.29, 1.82) is 0 Å². The molecule has 0 bridgehead atoms.